The summed E-state index contributed by atoms with van der Waals surface area (Å²) in [7, 11) is 0. The zero-order chi connectivity index (χ0) is 16.8. The fraction of sp³-hybridized carbons (Fsp3) is 0.400. The molecule has 0 bridgehead atoms. The molecule has 2 rings (SSSR count). The molecule has 23 heavy (non-hydrogen) atoms. The third kappa shape index (κ3) is 4.88. The molecule has 0 spiro atoms. The summed E-state index contributed by atoms with van der Waals surface area (Å²) in [5, 5.41) is 2.75. The summed E-state index contributed by atoms with van der Waals surface area (Å²) in [6.07, 6.45) is 1.50. The highest BCUT2D eigenvalue weighted by molar-refractivity contribution is 7.80. The third-order valence-electron chi connectivity index (χ3n) is 3.66. The van der Waals surface area contributed by atoms with E-state index < -0.39 is 5.82 Å². The average molecular weight is 338 g/mol. The van der Waals surface area contributed by atoms with Gasteiger partial charge >= 0.3 is 0 Å². The maximum atomic E-state index is 13.5. The zero-order valence-corrected chi connectivity index (χ0v) is 13.6. The third-order valence-corrected chi connectivity index (χ3v) is 3.86. The highest BCUT2D eigenvalue weighted by Gasteiger charge is 2.27. The quantitative estimate of drug-likeness (QED) is 0.562. The number of halogens is 1. The number of rotatable bonds is 2. The number of nitrogens with one attached hydrogen (secondary N) is 3. The molecule has 1 heterocycles. The van der Waals surface area contributed by atoms with Crippen molar-refractivity contribution in [1.82, 2.24) is 15.8 Å². The van der Waals surface area contributed by atoms with Crippen molar-refractivity contribution in [3.63, 3.8) is 0 Å². The lowest BCUT2D eigenvalue weighted by molar-refractivity contribution is -0.134. The van der Waals surface area contributed by atoms with Crippen molar-refractivity contribution in [3.8, 4) is 0 Å². The fourth-order valence-electron chi connectivity index (χ4n) is 2.41. The SMILES string of the molecule is CC(=O)N1CCC[C@H](C(=O)NNC(=S)Nc2ccccc2F)C1. The molecule has 124 valence electrons. The zero-order valence-electron chi connectivity index (χ0n) is 12.8. The van der Waals surface area contributed by atoms with Gasteiger partial charge in [-0.25, -0.2) is 4.39 Å². The summed E-state index contributed by atoms with van der Waals surface area (Å²) in [4.78, 5) is 25.2. The minimum atomic E-state index is -0.438. The molecule has 0 aromatic heterocycles. The van der Waals surface area contributed by atoms with Gasteiger partial charge in [-0.3, -0.25) is 20.4 Å². The number of carbonyl (C=O) groups excluding carboxylic acids is 2. The van der Waals surface area contributed by atoms with Crippen LogP contribution in [0.15, 0.2) is 24.3 Å². The highest BCUT2D eigenvalue weighted by Crippen LogP contribution is 2.16. The van der Waals surface area contributed by atoms with Gasteiger partial charge < -0.3 is 10.2 Å². The van der Waals surface area contributed by atoms with E-state index in [1.807, 2.05) is 0 Å². The molecule has 8 heteroatoms. The topological polar surface area (TPSA) is 73.5 Å². The standard InChI is InChI=1S/C15H19FN4O2S/c1-10(21)20-8-4-5-11(9-20)14(22)18-19-15(23)17-13-7-3-2-6-12(13)16/h2-3,6-7,11H,4-5,8-9H2,1H3,(H,18,22)(H2,17,19,23)/t11-/m0/s1. The second-order valence-corrected chi connectivity index (χ2v) is 5.76. The Morgan fingerprint density at radius 2 is 2.04 bits per heavy atom. The molecular formula is C15H19FN4O2S. The predicted octanol–water partition coefficient (Wildman–Crippen LogP) is 1.40. The first kappa shape index (κ1) is 17.1. The molecule has 0 radical (unpaired) electrons. The van der Waals surface area contributed by atoms with Crippen molar-refractivity contribution in [2.75, 3.05) is 18.4 Å². The Morgan fingerprint density at radius 1 is 1.30 bits per heavy atom. The van der Waals surface area contributed by atoms with Gasteiger partial charge in [-0.05, 0) is 37.2 Å². The van der Waals surface area contributed by atoms with Gasteiger partial charge in [0.25, 0.3) is 0 Å². The maximum absolute atomic E-state index is 13.5. The Kier molecular flexibility index (Phi) is 5.86. The molecule has 0 unspecified atom stereocenters. The van der Waals surface area contributed by atoms with E-state index >= 15 is 0 Å². The molecule has 1 aromatic rings. The van der Waals surface area contributed by atoms with Crippen LogP contribution in [-0.4, -0.2) is 34.9 Å². The fourth-order valence-corrected chi connectivity index (χ4v) is 2.57. The molecule has 6 nitrogen and oxygen atoms in total. The second kappa shape index (κ2) is 7.87. The summed E-state index contributed by atoms with van der Waals surface area (Å²) in [5.74, 6) is -0.996. The minimum absolute atomic E-state index is 0.0350. The number of likely N-dealkylation sites (tertiary alicyclic amines) is 1. The normalized spacial score (nSPS) is 17.3. The first-order chi connectivity index (χ1) is 11.0. The summed E-state index contributed by atoms with van der Waals surface area (Å²) in [6, 6.07) is 6.09. The van der Waals surface area contributed by atoms with Gasteiger partial charge in [0.05, 0.1) is 11.6 Å². The van der Waals surface area contributed by atoms with Gasteiger partial charge in [-0.2, -0.15) is 0 Å². The van der Waals surface area contributed by atoms with E-state index in [1.54, 1.807) is 17.0 Å². The summed E-state index contributed by atoms with van der Waals surface area (Å²) < 4.78 is 13.5. The Hall–Kier alpha value is -2.22. The van der Waals surface area contributed by atoms with E-state index in [0.29, 0.717) is 19.5 Å². The number of hydrogen-bond acceptors (Lipinski definition) is 3. The average Bonchev–Trinajstić information content (AvgIpc) is 2.55. The van der Waals surface area contributed by atoms with Gasteiger partial charge in [0.15, 0.2) is 5.11 Å². The number of piperidine rings is 1. The Balaban J connectivity index is 1.81. The predicted molar refractivity (Wildman–Crippen MR) is 88.9 cm³/mol. The number of hydrazine groups is 1. The van der Waals surface area contributed by atoms with Crippen LogP contribution in [0, 0.1) is 11.7 Å². The Labute approximate surface area is 139 Å². The van der Waals surface area contributed by atoms with Crippen LogP contribution in [0.3, 0.4) is 0 Å². The Morgan fingerprint density at radius 3 is 2.74 bits per heavy atom. The van der Waals surface area contributed by atoms with E-state index in [2.05, 4.69) is 16.2 Å². The molecule has 1 fully saturated rings. The number of thiocarbonyl (C=S) groups is 1. The van der Waals surface area contributed by atoms with Crippen molar-refractivity contribution in [2.24, 2.45) is 5.92 Å². The van der Waals surface area contributed by atoms with Crippen molar-refractivity contribution in [1.29, 1.82) is 0 Å². The first-order valence-electron chi connectivity index (χ1n) is 7.34. The molecule has 1 atom stereocenters. The van der Waals surface area contributed by atoms with Gasteiger partial charge in [-0.1, -0.05) is 12.1 Å². The second-order valence-electron chi connectivity index (χ2n) is 5.35. The molecular weight excluding hydrogens is 319 g/mol. The van der Waals surface area contributed by atoms with Crippen LogP contribution in [0.4, 0.5) is 10.1 Å². The molecule has 1 saturated heterocycles. The number of para-hydroxylation sites is 1. The van der Waals surface area contributed by atoms with Crippen molar-refractivity contribution >= 4 is 34.8 Å². The number of amides is 2. The summed E-state index contributed by atoms with van der Waals surface area (Å²) in [6.45, 7) is 2.57. The van der Waals surface area contributed by atoms with Crippen molar-refractivity contribution < 1.29 is 14.0 Å². The van der Waals surface area contributed by atoms with Crippen LogP contribution in [0.25, 0.3) is 0 Å². The molecule has 3 N–H and O–H groups in total. The van der Waals surface area contributed by atoms with Crippen LogP contribution in [0.2, 0.25) is 0 Å². The van der Waals surface area contributed by atoms with Crippen LogP contribution in [-0.2, 0) is 9.59 Å². The first-order valence-corrected chi connectivity index (χ1v) is 7.75. The summed E-state index contributed by atoms with van der Waals surface area (Å²) in [5.41, 5.74) is 5.27. The number of nitrogens with zero attached hydrogens (tertiary/aromatic N) is 1. The monoisotopic (exact) mass is 338 g/mol. The lowest BCUT2D eigenvalue weighted by atomic mass is 9.97. The van der Waals surface area contributed by atoms with Crippen LogP contribution < -0.4 is 16.2 Å². The number of benzene rings is 1. The van der Waals surface area contributed by atoms with Gasteiger partial charge in [-0.15, -0.1) is 0 Å². The molecule has 1 aliphatic rings. The van der Waals surface area contributed by atoms with Gasteiger partial charge in [0.2, 0.25) is 11.8 Å². The van der Waals surface area contributed by atoms with E-state index in [-0.39, 0.29) is 28.5 Å². The lowest BCUT2D eigenvalue weighted by Gasteiger charge is -2.31. The molecule has 0 aliphatic carbocycles. The molecule has 1 aliphatic heterocycles. The van der Waals surface area contributed by atoms with Crippen LogP contribution in [0.1, 0.15) is 19.8 Å². The number of hydrogen-bond donors (Lipinski definition) is 3. The van der Waals surface area contributed by atoms with Gasteiger partial charge in [0.1, 0.15) is 5.82 Å². The largest absolute Gasteiger partial charge is 0.342 e. The maximum Gasteiger partial charge on any atom is 0.243 e. The molecule has 2 amide bonds. The minimum Gasteiger partial charge on any atom is -0.342 e. The van der Waals surface area contributed by atoms with Crippen LogP contribution in [0.5, 0.6) is 0 Å². The van der Waals surface area contributed by atoms with E-state index in [1.165, 1.54) is 19.1 Å². The number of anilines is 1. The molecule has 0 saturated carbocycles. The van der Waals surface area contributed by atoms with Crippen LogP contribution >= 0.6 is 12.2 Å². The van der Waals surface area contributed by atoms with Crippen molar-refractivity contribution in [2.45, 2.75) is 19.8 Å². The smallest absolute Gasteiger partial charge is 0.243 e. The highest BCUT2D eigenvalue weighted by atomic mass is 32.1. The van der Waals surface area contributed by atoms with E-state index in [0.717, 1.165) is 6.42 Å². The Bertz CT molecular complexity index is 611. The molecule has 1 aromatic carbocycles. The summed E-state index contributed by atoms with van der Waals surface area (Å²) >= 11 is 5.01. The lowest BCUT2D eigenvalue weighted by Crippen LogP contribution is -2.50. The van der Waals surface area contributed by atoms with Gasteiger partial charge in [0, 0.05) is 20.0 Å². The van der Waals surface area contributed by atoms with E-state index in [9.17, 15) is 14.0 Å². The van der Waals surface area contributed by atoms with Crippen molar-refractivity contribution in [3.05, 3.63) is 30.1 Å². The number of carbonyl (C=O) groups is 2. The van der Waals surface area contributed by atoms with E-state index in [4.69, 9.17) is 12.2 Å².